The molecule has 0 unspecified atom stereocenters. The Bertz CT molecular complexity index is 863. The minimum Gasteiger partial charge on any atom is -0.342 e. The van der Waals surface area contributed by atoms with E-state index in [2.05, 4.69) is 28.0 Å². The van der Waals surface area contributed by atoms with Crippen molar-refractivity contribution in [1.82, 2.24) is 19.6 Å². The van der Waals surface area contributed by atoms with E-state index >= 15 is 0 Å². The Labute approximate surface area is 180 Å². The number of aromatic nitrogens is 2. The predicted molar refractivity (Wildman–Crippen MR) is 115 cm³/mol. The molecule has 3 heterocycles. The lowest BCUT2D eigenvalue weighted by molar-refractivity contribution is -0.138. The molecular weight excluding hydrogens is 432 g/mol. The van der Waals surface area contributed by atoms with Gasteiger partial charge in [0.05, 0.1) is 16.4 Å². The number of hydrogen-bond donors (Lipinski definition) is 0. The van der Waals surface area contributed by atoms with Crippen molar-refractivity contribution in [1.29, 1.82) is 0 Å². The third kappa shape index (κ3) is 4.55. The average molecular weight is 459 g/mol. The summed E-state index contributed by atoms with van der Waals surface area (Å²) in [4.78, 5) is 29.6. The summed E-state index contributed by atoms with van der Waals surface area (Å²) in [6.07, 6.45) is 7.34. The summed E-state index contributed by atoms with van der Waals surface area (Å²) in [5.74, 6) is 1.11. The van der Waals surface area contributed by atoms with E-state index in [0.717, 1.165) is 54.9 Å². The summed E-state index contributed by atoms with van der Waals surface area (Å²) < 4.78 is 2.67. The highest BCUT2D eigenvalue weighted by molar-refractivity contribution is 9.10. The molecule has 0 bridgehead atoms. The third-order valence-corrected chi connectivity index (χ3v) is 6.57. The summed E-state index contributed by atoms with van der Waals surface area (Å²) in [7, 11) is 0. The molecular formula is C22H27BrN4O2. The summed E-state index contributed by atoms with van der Waals surface area (Å²) in [6.45, 7) is 5.32. The molecule has 2 amide bonds. The molecule has 0 saturated carbocycles. The zero-order valence-corrected chi connectivity index (χ0v) is 18.3. The molecule has 2 fully saturated rings. The number of carbonyl (C=O) groups excluding carboxylic acids is 2. The third-order valence-electron chi connectivity index (χ3n) is 6.16. The Balaban J connectivity index is 1.32. The molecule has 0 N–H and O–H groups in total. The lowest BCUT2D eigenvalue weighted by Crippen LogP contribution is -2.46. The zero-order chi connectivity index (χ0) is 20.4. The number of piperidine rings is 2. The first-order valence-corrected chi connectivity index (χ1v) is 11.2. The van der Waals surface area contributed by atoms with Gasteiger partial charge in [0, 0.05) is 43.9 Å². The highest BCUT2D eigenvalue weighted by atomic mass is 79.9. The fraction of sp³-hybridized carbons (Fsp3) is 0.500. The van der Waals surface area contributed by atoms with Crippen molar-refractivity contribution < 1.29 is 9.59 Å². The Morgan fingerprint density at radius 1 is 0.966 bits per heavy atom. The molecule has 2 aliphatic heterocycles. The van der Waals surface area contributed by atoms with Gasteiger partial charge in [-0.15, -0.1) is 0 Å². The molecule has 0 atom stereocenters. The topological polar surface area (TPSA) is 58.4 Å². The van der Waals surface area contributed by atoms with E-state index in [-0.39, 0.29) is 11.8 Å². The van der Waals surface area contributed by atoms with Crippen molar-refractivity contribution in [2.75, 3.05) is 26.2 Å². The second kappa shape index (κ2) is 8.69. The Hall–Kier alpha value is -2.15. The number of hydrogen-bond acceptors (Lipinski definition) is 3. The van der Waals surface area contributed by atoms with E-state index in [1.54, 1.807) is 10.9 Å². The van der Waals surface area contributed by atoms with Crippen LogP contribution in [0, 0.1) is 11.8 Å². The first-order valence-electron chi connectivity index (χ1n) is 10.4. The smallest absolute Gasteiger partial charge is 0.253 e. The maximum absolute atomic E-state index is 12.9. The van der Waals surface area contributed by atoms with Crippen LogP contribution < -0.4 is 0 Å². The quantitative estimate of drug-likeness (QED) is 0.703. The standard InChI is InChI=1S/C22H27BrN4O2/c1-16-6-10-25(11-7-16)22(29)18-8-12-26(13-9-18)21(28)17-2-4-20(5-3-17)27-15-19(23)14-24-27/h2-5,14-16,18H,6-13H2,1H3. The maximum Gasteiger partial charge on any atom is 0.253 e. The molecule has 154 valence electrons. The van der Waals surface area contributed by atoms with Gasteiger partial charge in [-0.25, -0.2) is 4.68 Å². The van der Waals surface area contributed by atoms with Crippen LogP contribution in [0.3, 0.4) is 0 Å². The molecule has 0 spiro atoms. The second-order valence-electron chi connectivity index (χ2n) is 8.22. The van der Waals surface area contributed by atoms with E-state index in [1.807, 2.05) is 40.3 Å². The van der Waals surface area contributed by atoms with E-state index < -0.39 is 0 Å². The number of likely N-dealkylation sites (tertiary alicyclic amines) is 2. The normalized spacial score (nSPS) is 18.8. The van der Waals surface area contributed by atoms with Crippen LogP contribution in [0.15, 0.2) is 41.1 Å². The van der Waals surface area contributed by atoms with Crippen LogP contribution in [0.2, 0.25) is 0 Å². The van der Waals surface area contributed by atoms with E-state index in [4.69, 9.17) is 0 Å². The van der Waals surface area contributed by atoms with E-state index in [9.17, 15) is 9.59 Å². The van der Waals surface area contributed by atoms with Crippen LogP contribution in [0.1, 0.15) is 43.0 Å². The summed E-state index contributed by atoms with van der Waals surface area (Å²) >= 11 is 3.39. The molecule has 2 saturated heterocycles. The molecule has 2 aliphatic rings. The number of benzene rings is 1. The summed E-state index contributed by atoms with van der Waals surface area (Å²) in [5.41, 5.74) is 1.59. The van der Waals surface area contributed by atoms with Crippen molar-refractivity contribution >= 4 is 27.7 Å². The van der Waals surface area contributed by atoms with Crippen LogP contribution in [-0.4, -0.2) is 57.6 Å². The fourth-order valence-corrected chi connectivity index (χ4v) is 4.48. The van der Waals surface area contributed by atoms with Gasteiger partial charge in [-0.2, -0.15) is 5.10 Å². The molecule has 1 aromatic carbocycles. The van der Waals surface area contributed by atoms with Crippen molar-refractivity contribution in [3.05, 3.63) is 46.7 Å². The number of rotatable bonds is 3. The molecule has 6 nitrogen and oxygen atoms in total. The highest BCUT2D eigenvalue weighted by Gasteiger charge is 2.31. The molecule has 4 rings (SSSR count). The van der Waals surface area contributed by atoms with Crippen molar-refractivity contribution in [2.45, 2.75) is 32.6 Å². The monoisotopic (exact) mass is 458 g/mol. The molecule has 1 aromatic heterocycles. The number of halogens is 1. The van der Waals surface area contributed by atoms with Gasteiger partial charge in [0.2, 0.25) is 5.91 Å². The van der Waals surface area contributed by atoms with Gasteiger partial charge >= 0.3 is 0 Å². The number of carbonyl (C=O) groups is 2. The van der Waals surface area contributed by atoms with Crippen LogP contribution >= 0.6 is 15.9 Å². The maximum atomic E-state index is 12.9. The van der Waals surface area contributed by atoms with Crippen molar-refractivity contribution in [2.24, 2.45) is 11.8 Å². The minimum absolute atomic E-state index is 0.0379. The van der Waals surface area contributed by atoms with Gasteiger partial charge in [-0.05, 0) is 71.8 Å². The second-order valence-corrected chi connectivity index (χ2v) is 9.14. The Morgan fingerprint density at radius 3 is 2.17 bits per heavy atom. The lowest BCUT2D eigenvalue weighted by Gasteiger charge is -2.36. The summed E-state index contributed by atoms with van der Waals surface area (Å²) in [5, 5.41) is 4.26. The molecule has 7 heteroatoms. The molecule has 0 aliphatic carbocycles. The van der Waals surface area contributed by atoms with Gasteiger partial charge in [-0.1, -0.05) is 6.92 Å². The minimum atomic E-state index is 0.0379. The number of nitrogens with zero attached hydrogens (tertiary/aromatic N) is 4. The average Bonchev–Trinajstić information content (AvgIpc) is 3.20. The van der Waals surface area contributed by atoms with Crippen LogP contribution in [0.5, 0.6) is 0 Å². The lowest BCUT2D eigenvalue weighted by atomic mass is 9.92. The Morgan fingerprint density at radius 2 is 1.59 bits per heavy atom. The van der Waals surface area contributed by atoms with Gasteiger partial charge in [0.1, 0.15) is 0 Å². The van der Waals surface area contributed by atoms with E-state index in [1.165, 1.54) is 0 Å². The summed E-state index contributed by atoms with van der Waals surface area (Å²) in [6, 6.07) is 7.50. The molecule has 2 aromatic rings. The highest BCUT2D eigenvalue weighted by Crippen LogP contribution is 2.24. The first kappa shape index (κ1) is 20.1. The molecule has 29 heavy (non-hydrogen) atoms. The predicted octanol–water partition coefficient (Wildman–Crippen LogP) is 3.75. The fourth-order valence-electron chi connectivity index (χ4n) is 4.20. The van der Waals surface area contributed by atoms with Gasteiger partial charge in [-0.3, -0.25) is 9.59 Å². The Kier molecular flexibility index (Phi) is 6.04. The number of amides is 2. The first-order chi connectivity index (χ1) is 14.0. The van der Waals surface area contributed by atoms with E-state index in [0.29, 0.717) is 24.6 Å². The van der Waals surface area contributed by atoms with Gasteiger partial charge < -0.3 is 9.80 Å². The van der Waals surface area contributed by atoms with Gasteiger partial charge in [0.25, 0.3) is 5.91 Å². The van der Waals surface area contributed by atoms with Crippen LogP contribution in [-0.2, 0) is 4.79 Å². The van der Waals surface area contributed by atoms with Crippen LogP contribution in [0.25, 0.3) is 5.69 Å². The SMILES string of the molecule is CC1CCN(C(=O)C2CCN(C(=O)c3ccc(-n4cc(Br)cn4)cc3)CC2)CC1. The van der Waals surface area contributed by atoms with Gasteiger partial charge in [0.15, 0.2) is 0 Å². The zero-order valence-electron chi connectivity index (χ0n) is 16.8. The van der Waals surface area contributed by atoms with Crippen molar-refractivity contribution in [3.63, 3.8) is 0 Å². The van der Waals surface area contributed by atoms with Crippen LogP contribution in [0.4, 0.5) is 0 Å². The van der Waals surface area contributed by atoms with Crippen molar-refractivity contribution in [3.8, 4) is 5.69 Å². The molecule has 0 radical (unpaired) electrons. The largest absolute Gasteiger partial charge is 0.342 e.